The molecule has 0 spiro atoms. The lowest BCUT2D eigenvalue weighted by atomic mass is 9.90. The molecule has 0 aliphatic carbocycles. The highest BCUT2D eigenvalue weighted by Crippen LogP contribution is 2.39. The van der Waals surface area contributed by atoms with E-state index in [1.807, 2.05) is 0 Å². The van der Waals surface area contributed by atoms with Gasteiger partial charge in [0.2, 0.25) is 0 Å². The van der Waals surface area contributed by atoms with Crippen LogP contribution in [0.15, 0.2) is 46.0 Å². The minimum absolute atomic E-state index is 0.124. The predicted molar refractivity (Wildman–Crippen MR) is 124 cm³/mol. The Morgan fingerprint density at radius 2 is 1.79 bits per heavy atom. The molecule has 6 nitrogen and oxygen atoms in total. The molecule has 34 heavy (non-hydrogen) atoms. The third-order valence-electron chi connectivity index (χ3n) is 6.79. The van der Waals surface area contributed by atoms with Crippen molar-refractivity contribution in [2.75, 3.05) is 37.7 Å². The van der Waals surface area contributed by atoms with Gasteiger partial charge in [-0.15, -0.1) is 11.3 Å². The summed E-state index contributed by atoms with van der Waals surface area (Å²) in [4.78, 5) is 2.09. The van der Waals surface area contributed by atoms with E-state index in [9.17, 15) is 26.7 Å². The molecular weight excluding hydrogens is 489 g/mol. The van der Waals surface area contributed by atoms with Crippen LogP contribution >= 0.6 is 11.3 Å². The summed E-state index contributed by atoms with van der Waals surface area (Å²) in [5.74, 6) is 0.385. The van der Waals surface area contributed by atoms with Gasteiger partial charge in [-0.05, 0) is 61.2 Å². The molecule has 4 rings (SSSR count). The van der Waals surface area contributed by atoms with Crippen LogP contribution in [0, 0.1) is 5.92 Å². The molecule has 0 unspecified atom stereocenters. The van der Waals surface area contributed by atoms with Crippen LogP contribution in [0.1, 0.15) is 31.7 Å². The van der Waals surface area contributed by atoms with Gasteiger partial charge in [-0.25, -0.2) is 8.42 Å². The smallest absolute Gasteiger partial charge is 0.381 e. The molecule has 0 radical (unpaired) electrons. The number of benzene rings is 1. The minimum atomic E-state index is -4.79. The maximum Gasteiger partial charge on any atom is 0.421 e. The summed E-state index contributed by atoms with van der Waals surface area (Å²) < 4.78 is 73.3. The summed E-state index contributed by atoms with van der Waals surface area (Å²) in [5, 5.41) is 11.7. The minimum Gasteiger partial charge on any atom is -0.381 e. The van der Waals surface area contributed by atoms with Gasteiger partial charge in [0.05, 0.1) is 0 Å². The van der Waals surface area contributed by atoms with Crippen LogP contribution in [0.2, 0.25) is 0 Å². The van der Waals surface area contributed by atoms with Crippen LogP contribution in [0.4, 0.5) is 18.9 Å². The van der Waals surface area contributed by atoms with Crippen molar-refractivity contribution in [3.63, 3.8) is 0 Å². The number of thiophene rings is 1. The fourth-order valence-corrected chi connectivity index (χ4v) is 7.25. The van der Waals surface area contributed by atoms with E-state index in [0.29, 0.717) is 42.1 Å². The Kier molecular flexibility index (Phi) is 7.31. The second-order valence-corrected chi connectivity index (χ2v) is 12.2. The van der Waals surface area contributed by atoms with Gasteiger partial charge in [-0.1, -0.05) is 18.2 Å². The van der Waals surface area contributed by atoms with Gasteiger partial charge in [0.1, 0.15) is 4.21 Å². The Balaban J connectivity index is 1.58. The summed E-state index contributed by atoms with van der Waals surface area (Å²) in [7, 11) is -3.60. The quantitative estimate of drug-likeness (QED) is 0.621. The fourth-order valence-electron chi connectivity index (χ4n) is 4.63. The average molecular weight is 519 g/mol. The molecule has 1 aromatic carbocycles. The summed E-state index contributed by atoms with van der Waals surface area (Å²) in [6.45, 7) is 3.11. The summed E-state index contributed by atoms with van der Waals surface area (Å²) in [6.07, 6.45) is -2.23. The van der Waals surface area contributed by atoms with E-state index >= 15 is 0 Å². The molecule has 2 atom stereocenters. The molecule has 11 heteroatoms. The topological polar surface area (TPSA) is 70.1 Å². The summed E-state index contributed by atoms with van der Waals surface area (Å²) in [6, 6.07) is 8.94. The Bertz CT molecular complexity index is 1050. The monoisotopic (exact) mass is 518 g/mol. The van der Waals surface area contributed by atoms with E-state index in [1.165, 1.54) is 27.8 Å². The molecule has 2 saturated heterocycles. The molecule has 2 fully saturated rings. The highest BCUT2D eigenvalue weighted by atomic mass is 32.2. The number of ether oxygens (including phenoxy) is 1. The van der Waals surface area contributed by atoms with E-state index in [1.54, 1.807) is 29.6 Å². The first-order chi connectivity index (χ1) is 16.0. The lowest BCUT2D eigenvalue weighted by Crippen LogP contribution is -2.55. The first kappa shape index (κ1) is 25.4. The maximum absolute atomic E-state index is 13.2. The van der Waals surface area contributed by atoms with Crippen molar-refractivity contribution >= 4 is 27.0 Å². The van der Waals surface area contributed by atoms with Crippen molar-refractivity contribution < 1.29 is 31.4 Å². The van der Waals surface area contributed by atoms with Gasteiger partial charge in [0.25, 0.3) is 10.0 Å². The molecule has 3 heterocycles. The average Bonchev–Trinajstić information content (AvgIpc) is 3.35. The molecule has 0 bridgehead atoms. The van der Waals surface area contributed by atoms with Crippen LogP contribution in [0.3, 0.4) is 0 Å². The Labute approximate surface area is 202 Å². The van der Waals surface area contributed by atoms with Crippen LogP contribution in [0.25, 0.3) is 0 Å². The van der Waals surface area contributed by atoms with Crippen molar-refractivity contribution in [3.8, 4) is 0 Å². The number of rotatable bonds is 6. The lowest BCUT2D eigenvalue weighted by molar-refractivity contribution is -0.258. The SMILES string of the molecule is C[C@@](O)(c1ccc(N2CCN(S(=O)(=O)c3cccs3)C[C@@H]2CC2CCOCC2)cc1)C(F)(F)F. The molecular formula is C23H29F3N2O4S2. The standard InChI is InChI=1S/C23H29F3N2O4S2/c1-22(29,23(24,25)26)18-4-6-19(7-5-18)28-11-10-27(34(30,31)21-3-2-14-33-21)16-20(28)15-17-8-12-32-13-9-17/h2-7,14,17,20,29H,8-13,15-16H2,1H3/t20-,22+/m0/s1. The normalized spacial score (nSPS) is 23.1. The van der Waals surface area contributed by atoms with Crippen molar-refractivity contribution in [1.82, 2.24) is 4.31 Å². The number of hydrogen-bond donors (Lipinski definition) is 1. The largest absolute Gasteiger partial charge is 0.421 e. The second kappa shape index (κ2) is 9.77. The van der Waals surface area contributed by atoms with Crippen LogP contribution in [-0.4, -0.2) is 62.9 Å². The predicted octanol–water partition coefficient (Wildman–Crippen LogP) is 4.21. The lowest BCUT2D eigenvalue weighted by Gasteiger charge is -2.44. The third-order valence-corrected chi connectivity index (χ3v) is 10.0. The van der Waals surface area contributed by atoms with Crippen molar-refractivity contribution in [2.24, 2.45) is 5.92 Å². The van der Waals surface area contributed by atoms with E-state index in [2.05, 4.69) is 4.90 Å². The molecule has 1 N–H and O–H groups in total. The Morgan fingerprint density at radius 1 is 1.12 bits per heavy atom. The van der Waals surface area contributed by atoms with E-state index < -0.39 is 21.8 Å². The molecule has 0 saturated carbocycles. The summed E-state index contributed by atoms with van der Waals surface area (Å²) >= 11 is 1.19. The zero-order valence-electron chi connectivity index (χ0n) is 18.9. The second-order valence-electron chi connectivity index (χ2n) is 9.05. The van der Waals surface area contributed by atoms with Crippen molar-refractivity contribution in [1.29, 1.82) is 0 Å². The van der Waals surface area contributed by atoms with E-state index in [-0.39, 0.29) is 18.2 Å². The number of piperazine rings is 1. The molecule has 1 aromatic heterocycles. The molecule has 2 aliphatic heterocycles. The van der Waals surface area contributed by atoms with Crippen LogP contribution < -0.4 is 4.90 Å². The van der Waals surface area contributed by atoms with E-state index in [4.69, 9.17) is 4.74 Å². The van der Waals surface area contributed by atoms with E-state index in [0.717, 1.165) is 26.2 Å². The third kappa shape index (κ3) is 5.13. The number of aliphatic hydroxyl groups is 1. The Hall–Kier alpha value is -1.66. The highest BCUT2D eigenvalue weighted by molar-refractivity contribution is 7.91. The zero-order chi connectivity index (χ0) is 24.6. The van der Waals surface area contributed by atoms with Crippen molar-refractivity contribution in [2.45, 2.75) is 48.2 Å². The van der Waals surface area contributed by atoms with Crippen LogP contribution in [-0.2, 0) is 20.4 Å². The first-order valence-corrected chi connectivity index (χ1v) is 13.6. The van der Waals surface area contributed by atoms with Gasteiger partial charge in [-0.3, -0.25) is 0 Å². The van der Waals surface area contributed by atoms with Crippen molar-refractivity contribution in [3.05, 3.63) is 47.3 Å². The number of alkyl halides is 3. The summed E-state index contributed by atoms with van der Waals surface area (Å²) in [5.41, 5.74) is -2.46. The number of nitrogens with zero attached hydrogens (tertiary/aromatic N) is 2. The maximum atomic E-state index is 13.2. The first-order valence-electron chi connectivity index (χ1n) is 11.3. The number of sulfonamides is 1. The highest BCUT2D eigenvalue weighted by Gasteiger charge is 2.51. The number of anilines is 1. The van der Waals surface area contributed by atoms with Crippen LogP contribution in [0.5, 0.6) is 0 Å². The molecule has 2 aromatic rings. The van der Waals surface area contributed by atoms with Gasteiger partial charge in [-0.2, -0.15) is 17.5 Å². The number of halogens is 3. The van der Waals surface area contributed by atoms with Gasteiger partial charge in [0.15, 0.2) is 5.60 Å². The van der Waals surface area contributed by atoms with Gasteiger partial charge < -0.3 is 14.7 Å². The molecule has 188 valence electrons. The molecule has 2 aliphatic rings. The van der Waals surface area contributed by atoms with Gasteiger partial charge >= 0.3 is 6.18 Å². The Morgan fingerprint density at radius 3 is 2.38 bits per heavy atom. The van der Waals surface area contributed by atoms with Gasteiger partial charge in [0, 0.05) is 44.6 Å². The molecule has 0 amide bonds. The zero-order valence-corrected chi connectivity index (χ0v) is 20.5. The number of hydrogen-bond acceptors (Lipinski definition) is 6. The fraction of sp³-hybridized carbons (Fsp3) is 0.565.